The van der Waals surface area contributed by atoms with E-state index in [1.54, 1.807) is 56.8 Å². The van der Waals surface area contributed by atoms with Crippen molar-refractivity contribution in [1.82, 2.24) is 0 Å². The van der Waals surface area contributed by atoms with Gasteiger partial charge in [0.15, 0.2) is 0 Å². The summed E-state index contributed by atoms with van der Waals surface area (Å²) in [5.41, 5.74) is 16.1. The first kappa shape index (κ1) is 32.5. The van der Waals surface area contributed by atoms with Crippen LogP contribution >= 0.6 is 47.0 Å². The molecule has 2 aliphatic heterocycles. The van der Waals surface area contributed by atoms with E-state index in [-0.39, 0.29) is 23.9 Å². The molecule has 0 radical (unpaired) electrons. The molecule has 4 N–H and O–H groups in total. The zero-order chi connectivity index (χ0) is 31.4. The standard InChI is InChI=1S/2C17H18N2OS2/c2*1-21-13-7-3-11(4-8-13)16-15(18)17(20)19(16)12-5-9-14(22-2)10-6-12/h2*3-10,15-16H,18H2,1-2H3/t2*15-,16-/m10/s1. The first-order valence-corrected chi connectivity index (χ1v) is 18.9. The minimum Gasteiger partial charge on any atom is -0.318 e. The molecular formula is C34H36N4O2S4. The van der Waals surface area contributed by atoms with Crippen molar-refractivity contribution in [2.45, 2.75) is 43.7 Å². The van der Waals surface area contributed by atoms with Crippen molar-refractivity contribution in [2.24, 2.45) is 11.5 Å². The van der Waals surface area contributed by atoms with E-state index in [2.05, 4.69) is 48.5 Å². The molecule has 0 saturated carbocycles. The maximum atomic E-state index is 12.2. The van der Waals surface area contributed by atoms with E-state index in [1.165, 1.54) is 19.6 Å². The normalized spacial score (nSPS) is 20.9. The van der Waals surface area contributed by atoms with Crippen molar-refractivity contribution in [3.8, 4) is 0 Å². The molecule has 4 atom stereocenters. The number of carbonyl (C=O) groups is 2. The lowest BCUT2D eigenvalue weighted by Crippen LogP contribution is -2.63. The molecule has 0 aromatic heterocycles. The van der Waals surface area contributed by atoms with Crippen molar-refractivity contribution in [1.29, 1.82) is 0 Å². The van der Waals surface area contributed by atoms with Crippen LogP contribution in [0, 0.1) is 0 Å². The molecule has 228 valence electrons. The minimum absolute atomic E-state index is 0.0177. The first-order valence-electron chi connectivity index (χ1n) is 14.0. The van der Waals surface area contributed by atoms with Gasteiger partial charge in [-0.1, -0.05) is 24.3 Å². The summed E-state index contributed by atoms with van der Waals surface area (Å²) in [6, 6.07) is 31.5. The number of nitrogens with zero attached hydrogens (tertiary/aromatic N) is 2. The number of amides is 2. The van der Waals surface area contributed by atoms with Gasteiger partial charge in [-0.3, -0.25) is 9.59 Å². The highest BCUT2D eigenvalue weighted by Gasteiger charge is 2.47. The highest BCUT2D eigenvalue weighted by Crippen LogP contribution is 2.40. The summed E-state index contributed by atoms with van der Waals surface area (Å²) < 4.78 is 0. The Morgan fingerprint density at radius 2 is 0.705 bits per heavy atom. The maximum Gasteiger partial charge on any atom is 0.247 e. The highest BCUT2D eigenvalue weighted by molar-refractivity contribution is 7.99. The van der Waals surface area contributed by atoms with Crippen LogP contribution in [0.1, 0.15) is 23.2 Å². The molecule has 4 aromatic rings. The van der Waals surface area contributed by atoms with Crippen LogP contribution in [-0.2, 0) is 9.59 Å². The lowest BCUT2D eigenvalue weighted by atomic mass is 9.88. The Bertz CT molecular complexity index is 1460. The van der Waals surface area contributed by atoms with Crippen LogP contribution in [0.2, 0.25) is 0 Å². The second-order valence-corrected chi connectivity index (χ2v) is 13.8. The third-order valence-electron chi connectivity index (χ3n) is 7.90. The molecule has 6 rings (SSSR count). The smallest absolute Gasteiger partial charge is 0.247 e. The summed E-state index contributed by atoms with van der Waals surface area (Å²) in [6.07, 6.45) is 8.17. The second-order valence-electron chi connectivity index (χ2n) is 10.3. The highest BCUT2D eigenvalue weighted by atomic mass is 32.2. The second kappa shape index (κ2) is 14.5. The van der Waals surface area contributed by atoms with Gasteiger partial charge in [0.2, 0.25) is 11.8 Å². The lowest BCUT2D eigenvalue weighted by Gasteiger charge is -2.45. The lowest BCUT2D eigenvalue weighted by molar-refractivity contribution is -0.126. The Morgan fingerprint density at radius 1 is 0.455 bits per heavy atom. The van der Waals surface area contributed by atoms with Crippen LogP contribution in [0.3, 0.4) is 0 Å². The molecule has 0 spiro atoms. The molecular weight excluding hydrogens is 625 g/mol. The fourth-order valence-corrected chi connectivity index (χ4v) is 7.03. The van der Waals surface area contributed by atoms with Crippen molar-refractivity contribution in [3.63, 3.8) is 0 Å². The number of β-lactam (4-membered cyclic amide) rings is 2. The van der Waals surface area contributed by atoms with Gasteiger partial charge in [0.05, 0.1) is 12.1 Å². The molecule has 6 nitrogen and oxygen atoms in total. The molecule has 0 unspecified atom stereocenters. The number of hydrogen-bond acceptors (Lipinski definition) is 8. The van der Waals surface area contributed by atoms with Crippen LogP contribution in [-0.4, -0.2) is 48.9 Å². The molecule has 0 bridgehead atoms. The molecule has 2 amide bonds. The van der Waals surface area contributed by atoms with Crippen LogP contribution in [0.25, 0.3) is 0 Å². The largest absolute Gasteiger partial charge is 0.318 e. The zero-order valence-corrected chi connectivity index (χ0v) is 28.3. The fourth-order valence-electron chi connectivity index (χ4n) is 5.40. The van der Waals surface area contributed by atoms with Crippen molar-refractivity contribution in [2.75, 3.05) is 34.8 Å². The van der Waals surface area contributed by atoms with Crippen LogP contribution in [0.5, 0.6) is 0 Å². The summed E-state index contributed by atoms with van der Waals surface area (Å²) >= 11 is 6.78. The molecule has 2 aliphatic rings. The van der Waals surface area contributed by atoms with E-state index >= 15 is 0 Å². The number of carbonyl (C=O) groups excluding carboxylic acids is 2. The molecule has 0 aliphatic carbocycles. The van der Waals surface area contributed by atoms with E-state index in [9.17, 15) is 9.59 Å². The van der Waals surface area contributed by atoms with Crippen LogP contribution in [0.4, 0.5) is 11.4 Å². The Morgan fingerprint density at radius 3 is 0.955 bits per heavy atom. The van der Waals surface area contributed by atoms with Crippen molar-refractivity contribution in [3.05, 3.63) is 108 Å². The van der Waals surface area contributed by atoms with Gasteiger partial charge in [-0.05, 0) is 109 Å². The molecule has 10 heteroatoms. The average molecular weight is 661 g/mol. The van der Waals surface area contributed by atoms with Gasteiger partial charge in [0.25, 0.3) is 0 Å². The number of thioether (sulfide) groups is 4. The van der Waals surface area contributed by atoms with Gasteiger partial charge in [0, 0.05) is 31.0 Å². The summed E-state index contributed by atoms with van der Waals surface area (Å²) in [5, 5.41) is 0. The van der Waals surface area contributed by atoms with Gasteiger partial charge < -0.3 is 21.3 Å². The van der Waals surface area contributed by atoms with E-state index in [4.69, 9.17) is 11.5 Å². The Labute approximate surface area is 276 Å². The third kappa shape index (κ3) is 6.56. The molecule has 44 heavy (non-hydrogen) atoms. The average Bonchev–Trinajstić information content (AvgIpc) is 3.09. The molecule has 2 fully saturated rings. The third-order valence-corrected chi connectivity index (χ3v) is 10.9. The molecule has 2 heterocycles. The minimum atomic E-state index is -0.458. The van der Waals surface area contributed by atoms with E-state index in [0.29, 0.717) is 0 Å². The first-order chi connectivity index (χ1) is 21.3. The number of hydrogen-bond donors (Lipinski definition) is 2. The fraction of sp³-hybridized carbons (Fsp3) is 0.235. The van der Waals surface area contributed by atoms with Crippen molar-refractivity contribution >= 4 is 70.2 Å². The van der Waals surface area contributed by atoms with Gasteiger partial charge in [0.1, 0.15) is 12.1 Å². The topological polar surface area (TPSA) is 92.7 Å². The van der Waals surface area contributed by atoms with Crippen LogP contribution < -0.4 is 21.3 Å². The number of nitrogens with two attached hydrogens (primary N) is 2. The van der Waals surface area contributed by atoms with Gasteiger partial charge in [-0.25, -0.2) is 0 Å². The number of anilines is 2. The van der Waals surface area contributed by atoms with Crippen LogP contribution in [0.15, 0.2) is 117 Å². The Hall–Kier alpha value is -2.86. The quantitative estimate of drug-likeness (QED) is 0.153. The van der Waals surface area contributed by atoms with Gasteiger partial charge >= 0.3 is 0 Å². The number of benzene rings is 4. The zero-order valence-electron chi connectivity index (χ0n) is 25.0. The summed E-state index contributed by atoms with van der Waals surface area (Å²) in [5.74, 6) is -0.0355. The molecule has 2 saturated heterocycles. The molecule has 4 aromatic carbocycles. The monoisotopic (exact) mass is 660 g/mol. The predicted octanol–water partition coefficient (Wildman–Crippen LogP) is 7.09. The van der Waals surface area contributed by atoms with Crippen molar-refractivity contribution < 1.29 is 9.59 Å². The SMILES string of the molecule is CSc1ccc([C@@H]2[C@@H](N)C(=O)N2c2ccc(SC)cc2)cc1.CSc1ccc([C@H]2[C@H](N)C(=O)N2c2ccc(SC)cc2)cc1. The van der Waals surface area contributed by atoms with E-state index in [1.807, 2.05) is 73.6 Å². The van der Waals surface area contributed by atoms with Gasteiger partial charge in [-0.15, -0.1) is 47.0 Å². The Balaban J connectivity index is 0.000000175. The number of rotatable bonds is 8. The Kier molecular flexibility index (Phi) is 10.7. The predicted molar refractivity (Wildman–Crippen MR) is 189 cm³/mol. The summed E-state index contributed by atoms with van der Waals surface area (Å²) in [7, 11) is 0. The maximum absolute atomic E-state index is 12.2. The summed E-state index contributed by atoms with van der Waals surface area (Å²) in [6.45, 7) is 0. The van der Waals surface area contributed by atoms with Gasteiger partial charge in [-0.2, -0.15) is 0 Å². The van der Waals surface area contributed by atoms with E-state index < -0.39 is 12.1 Å². The summed E-state index contributed by atoms with van der Waals surface area (Å²) in [4.78, 5) is 32.8. The van der Waals surface area contributed by atoms with E-state index in [0.717, 1.165) is 22.5 Å².